The zero-order chi connectivity index (χ0) is 15.1. The van der Waals surface area contributed by atoms with Crippen LogP contribution in [-0.2, 0) is 0 Å². The van der Waals surface area contributed by atoms with Gasteiger partial charge in [0.05, 0.1) is 20.4 Å². The Bertz CT molecular complexity index is 463. The lowest BCUT2D eigenvalue weighted by molar-refractivity contribution is 0.751. The van der Waals surface area contributed by atoms with E-state index in [2.05, 4.69) is 66.1 Å². The minimum Gasteiger partial charge on any atom is -0.371 e. The van der Waals surface area contributed by atoms with Gasteiger partial charge in [0.2, 0.25) is 0 Å². The second kappa shape index (κ2) is 9.07. The van der Waals surface area contributed by atoms with E-state index in [4.69, 9.17) is 8.88 Å². The number of benzene rings is 1. The SMILES string of the molecule is Cc1ccc(N=ICNCCN)c(Br)c1N(C)C(C)C. The maximum atomic E-state index is 5.45. The first-order valence-corrected chi connectivity index (χ1v) is 9.99. The van der Waals surface area contributed by atoms with Crippen LogP contribution in [0.5, 0.6) is 0 Å². The Labute approximate surface area is 140 Å². The molecular formula is C14H24BrIN4. The van der Waals surface area contributed by atoms with Gasteiger partial charge in [-0.1, -0.05) is 6.07 Å². The van der Waals surface area contributed by atoms with Crippen molar-refractivity contribution in [3.63, 3.8) is 0 Å². The van der Waals surface area contributed by atoms with Crippen LogP contribution < -0.4 is 16.0 Å². The van der Waals surface area contributed by atoms with Crippen molar-refractivity contribution in [1.29, 1.82) is 0 Å². The maximum absolute atomic E-state index is 5.45. The van der Waals surface area contributed by atoms with Gasteiger partial charge in [-0.2, -0.15) is 0 Å². The molecule has 0 spiro atoms. The first kappa shape index (κ1) is 18.0. The van der Waals surface area contributed by atoms with Crippen molar-refractivity contribution in [2.24, 2.45) is 8.88 Å². The highest BCUT2D eigenvalue weighted by atomic mass is 127. The number of aryl methyl sites for hydroxylation is 1. The van der Waals surface area contributed by atoms with E-state index in [1.165, 1.54) is 11.3 Å². The number of halogens is 2. The predicted octanol–water partition coefficient (Wildman–Crippen LogP) is 3.89. The summed E-state index contributed by atoms with van der Waals surface area (Å²) in [5.74, 6) is 0. The molecule has 1 aromatic rings. The van der Waals surface area contributed by atoms with E-state index in [9.17, 15) is 0 Å². The van der Waals surface area contributed by atoms with Gasteiger partial charge >= 0.3 is 0 Å². The van der Waals surface area contributed by atoms with Gasteiger partial charge in [0.1, 0.15) is 0 Å². The van der Waals surface area contributed by atoms with E-state index in [0.29, 0.717) is 12.6 Å². The van der Waals surface area contributed by atoms with Gasteiger partial charge in [-0.25, -0.2) is 3.15 Å². The molecule has 0 bridgehead atoms. The van der Waals surface area contributed by atoms with Crippen LogP contribution in [0.4, 0.5) is 11.4 Å². The van der Waals surface area contributed by atoms with Crippen molar-refractivity contribution in [3.05, 3.63) is 22.2 Å². The average molecular weight is 455 g/mol. The third kappa shape index (κ3) is 5.05. The van der Waals surface area contributed by atoms with Crippen molar-refractivity contribution in [3.8, 4) is 0 Å². The Morgan fingerprint density at radius 2 is 2.15 bits per heavy atom. The minimum absolute atomic E-state index is 0.232. The molecule has 0 aliphatic rings. The molecule has 0 atom stereocenters. The number of rotatable bonds is 7. The lowest BCUT2D eigenvalue weighted by Crippen LogP contribution is -2.26. The molecule has 0 saturated carbocycles. The van der Waals surface area contributed by atoms with Crippen LogP contribution in [-0.4, -0.2) is 30.7 Å². The Hall–Kier alpha value is -0.0500. The molecule has 114 valence electrons. The van der Waals surface area contributed by atoms with Crippen molar-refractivity contribution >= 4 is 48.3 Å². The summed E-state index contributed by atoms with van der Waals surface area (Å²) in [6.45, 7) is 8.08. The summed E-state index contributed by atoms with van der Waals surface area (Å²) < 4.78 is 6.82. The van der Waals surface area contributed by atoms with Gasteiger partial charge in [0, 0.05) is 47.2 Å². The summed E-state index contributed by atoms with van der Waals surface area (Å²) >= 11 is 3.49. The normalized spacial score (nSPS) is 11.9. The molecule has 6 heteroatoms. The van der Waals surface area contributed by atoms with Gasteiger partial charge in [-0.05, 0) is 48.3 Å². The molecule has 0 aliphatic carbocycles. The largest absolute Gasteiger partial charge is 0.371 e. The zero-order valence-electron chi connectivity index (χ0n) is 12.6. The Kier molecular flexibility index (Phi) is 8.16. The van der Waals surface area contributed by atoms with Crippen LogP contribution in [0.2, 0.25) is 0 Å². The number of nitrogens with zero attached hydrogens (tertiary/aromatic N) is 2. The van der Waals surface area contributed by atoms with Crippen LogP contribution >= 0.6 is 37.0 Å². The van der Waals surface area contributed by atoms with E-state index in [-0.39, 0.29) is 21.0 Å². The summed E-state index contributed by atoms with van der Waals surface area (Å²) in [5, 5.41) is 3.30. The summed E-state index contributed by atoms with van der Waals surface area (Å²) in [5.41, 5.74) is 9.01. The summed E-state index contributed by atoms with van der Waals surface area (Å²) in [4.78, 5) is 2.28. The highest BCUT2D eigenvalue weighted by Crippen LogP contribution is 2.39. The van der Waals surface area contributed by atoms with Crippen LogP contribution in [0.3, 0.4) is 0 Å². The molecular weight excluding hydrogens is 431 g/mol. The monoisotopic (exact) mass is 454 g/mol. The third-order valence-corrected chi connectivity index (χ3v) is 5.57. The smallest absolute Gasteiger partial charge is 0.0851 e. The molecule has 0 heterocycles. The molecule has 0 saturated heterocycles. The van der Waals surface area contributed by atoms with Crippen LogP contribution in [0, 0.1) is 6.92 Å². The van der Waals surface area contributed by atoms with Gasteiger partial charge in [0.25, 0.3) is 0 Å². The molecule has 0 fully saturated rings. The van der Waals surface area contributed by atoms with Crippen molar-refractivity contribution < 1.29 is 0 Å². The molecule has 0 aromatic heterocycles. The molecule has 0 amide bonds. The lowest BCUT2D eigenvalue weighted by Gasteiger charge is -2.27. The summed E-state index contributed by atoms with van der Waals surface area (Å²) in [6, 6.07) is 4.70. The molecule has 3 N–H and O–H groups in total. The van der Waals surface area contributed by atoms with E-state index in [1.54, 1.807) is 0 Å². The fraction of sp³-hybridized carbons (Fsp3) is 0.571. The van der Waals surface area contributed by atoms with E-state index in [1.807, 2.05) is 0 Å². The standard InChI is InChI=1S/C14H24BrIN4/c1-10(2)20(4)14-11(3)5-6-12(13(14)15)19-16-9-18-8-7-17/h5-6,10,18H,7-9,17H2,1-4H3. The van der Waals surface area contributed by atoms with E-state index < -0.39 is 0 Å². The van der Waals surface area contributed by atoms with Crippen LogP contribution in [0.25, 0.3) is 0 Å². The van der Waals surface area contributed by atoms with Crippen LogP contribution in [0.1, 0.15) is 19.4 Å². The van der Waals surface area contributed by atoms with E-state index in [0.717, 1.165) is 21.3 Å². The molecule has 1 aromatic carbocycles. The second-order valence-electron chi connectivity index (χ2n) is 4.90. The molecule has 4 nitrogen and oxygen atoms in total. The number of hydrogen-bond acceptors (Lipinski definition) is 4. The van der Waals surface area contributed by atoms with Gasteiger partial charge in [0.15, 0.2) is 0 Å². The Balaban J connectivity index is 2.91. The molecule has 0 aliphatic heterocycles. The number of nitrogens with two attached hydrogens (primary N) is 1. The highest BCUT2D eigenvalue weighted by molar-refractivity contribution is 14.2. The van der Waals surface area contributed by atoms with Crippen molar-refractivity contribution in [2.75, 3.05) is 29.6 Å². The Morgan fingerprint density at radius 3 is 2.75 bits per heavy atom. The van der Waals surface area contributed by atoms with Crippen molar-refractivity contribution in [2.45, 2.75) is 26.8 Å². The van der Waals surface area contributed by atoms with Crippen LogP contribution in [0.15, 0.2) is 19.8 Å². The maximum Gasteiger partial charge on any atom is 0.0851 e. The first-order valence-electron chi connectivity index (χ1n) is 6.71. The quantitative estimate of drug-likeness (QED) is 0.284. The number of hydrogen-bond donors (Lipinski definition) is 2. The second-order valence-corrected chi connectivity index (χ2v) is 7.62. The van der Waals surface area contributed by atoms with E-state index >= 15 is 0 Å². The molecule has 1 rings (SSSR count). The number of anilines is 1. The highest BCUT2D eigenvalue weighted by Gasteiger charge is 2.14. The summed E-state index contributed by atoms with van der Waals surface area (Å²) in [7, 11) is 2.12. The molecule has 0 unspecified atom stereocenters. The van der Waals surface area contributed by atoms with Gasteiger partial charge in [-0.3, -0.25) is 0 Å². The lowest BCUT2D eigenvalue weighted by atomic mass is 10.1. The van der Waals surface area contributed by atoms with Crippen molar-refractivity contribution in [1.82, 2.24) is 5.32 Å². The minimum atomic E-state index is -0.232. The fourth-order valence-corrected chi connectivity index (χ4v) is 4.42. The predicted molar refractivity (Wildman–Crippen MR) is 100 cm³/mol. The first-order chi connectivity index (χ1) is 9.49. The Morgan fingerprint density at radius 1 is 1.45 bits per heavy atom. The number of nitrogens with one attached hydrogen (secondary N) is 1. The number of alkyl halides is 1. The fourth-order valence-electron chi connectivity index (χ4n) is 1.71. The van der Waals surface area contributed by atoms with Gasteiger partial charge < -0.3 is 16.0 Å². The topological polar surface area (TPSA) is 53.6 Å². The molecule has 20 heavy (non-hydrogen) atoms. The average Bonchev–Trinajstić information content (AvgIpc) is 2.40. The zero-order valence-corrected chi connectivity index (χ0v) is 16.3. The summed E-state index contributed by atoms with van der Waals surface area (Å²) in [6.07, 6.45) is 0. The van der Waals surface area contributed by atoms with Gasteiger partial charge in [-0.15, -0.1) is 0 Å². The molecule has 0 radical (unpaired) electrons. The third-order valence-electron chi connectivity index (χ3n) is 3.05.